The molecule has 1 aromatic carbocycles. The second-order valence-electron chi connectivity index (χ2n) is 5.94. The van der Waals surface area contributed by atoms with Crippen LogP contribution < -0.4 is 5.73 Å². The highest BCUT2D eigenvalue weighted by Crippen LogP contribution is 2.36. The Morgan fingerprint density at radius 1 is 1.42 bits per heavy atom. The van der Waals surface area contributed by atoms with Crippen LogP contribution in [-0.2, 0) is 15.1 Å². The topological polar surface area (TPSA) is 93.9 Å². The van der Waals surface area contributed by atoms with Crippen molar-refractivity contribution in [3.05, 3.63) is 47.0 Å². The molecule has 0 aliphatic rings. The summed E-state index contributed by atoms with van der Waals surface area (Å²) in [4.78, 5) is 22.8. The van der Waals surface area contributed by atoms with Gasteiger partial charge in [0, 0.05) is 18.0 Å². The van der Waals surface area contributed by atoms with Gasteiger partial charge < -0.3 is 15.5 Å². The maximum Gasteiger partial charge on any atom is 0.307 e. The Labute approximate surface area is 160 Å². The monoisotopic (exact) mass is 398 g/mol. The van der Waals surface area contributed by atoms with E-state index < -0.39 is 17.3 Å². The molecule has 6 nitrogen and oxygen atoms in total. The third-order valence-corrected chi connectivity index (χ3v) is 4.36. The SMILES string of the molecule is COC(=O)C[C@](C)(N)c1cc(F)c2nc(-c3ccncc3)[nH]c2c1Cl.Cl. The minimum Gasteiger partial charge on any atom is -0.469 e. The molecule has 0 spiro atoms. The van der Waals surface area contributed by atoms with Crippen LogP contribution in [0.1, 0.15) is 18.9 Å². The number of rotatable bonds is 4. The fourth-order valence-corrected chi connectivity index (χ4v) is 3.03. The van der Waals surface area contributed by atoms with E-state index in [9.17, 15) is 9.18 Å². The van der Waals surface area contributed by atoms with Gasteiger partial charge in [0.15, 0.2) is 5.82 Å². The average Bonchev–Trinajstić information content (AvgIpc) is 3.04. The van der Waals surface area contributed by atoms with Crippen molar-refractivity contribution in [2.45, 2.75) is 18.9 Å². The first kappa shape index (κ1) is 20.1. The fourth-order valence-electron chi connectivity index (χ4n) is 2.63. The molecule has 0 bridgehead atoms. The van der Waals surface area contributed by atoms with E-state index in [1.165, 1.54) is 13.2 Å². The van der Waals surface area contributed by atoms with E-state index in [1.54, 1.807) is 31.5 Å². The summed E-state index contributed by atoms with van der Waals surface area (Å²) < 4.78 is 19.2. The number of pyridine rings is 1. The van der Waals surface area contributed by atoms with Gasteiger partial charge in [0.1, 0.15) is 11.3 Å². The molecule has 26 heavy (non-hydrogen) atoms. The predicted octanol–water partition coefficient (Wildman–Crippen LogP) is 3.58. The van der Waals surface area contributed by atoms with Crippen molar-refractivity contribution in [1.82, 2.24) is 15.0 Å². The van der Waals surface area contributed by atoms with Crippen molar-refractivity contribution in [2.24, 2.45) is 5.73 Å². The van der Waals surface area contributed by atoms with E-state index >= 15 is 0 Å². The molecule has 3 N–H and O–H groups in total. The highest BCUT2D eigenvalue weighted by Gasteiger charge is 2.30. The van der Waals surface area contributed by atoms with Crippen molar-refractivity contribution in [2.75, 3.05) is 7.11 Å². The van der Waals surface area contributed by atoms with Gasteiger partial charge in [-0.1, -0.05) is 11.6 Å². The van der Waals surface area contributed by atoms with Crippen LogP contribution in [0.4, 0.5) is 4.39 Å². The van der Waals surface area contributed by atoms with Gasteiger partial charge in [-0.2, -0.15) is 0 Å². The standard InChI is InChI=1S/C17H16ClFN4O2.ClH/c1-17(20,8-12(24)25-2)10-7-11(19)14-15(13(10)18)23-16(22-14)9-3-5-21-6-4-9;/h3-7H,8,20H2,1-2H3,(H,22,23);1H/t17-;/m0./s1. The van der Waals surface area contributed by atoms with Crippen LogP contribution in [0, 0.1) is 5.82 Å². The Morgan fingerprint density at radius 3 is 2.69 bits per heavy atom. The molecule has 3 aromatic rings. The van der Waals surface area contributed by atoms with E-state index in [-0.39, 0.29) is 29.4 Å². The molecule has 1 atom stereocenters. The van der Waals surface area contributed by atoms with Crippen LogP contribution in [0.25, 0.3) is 22.4 Å². The Hall–Kier alpha value is -2.22. The number of nitrogens with two attached hydrogens (primary N) is 1. The summed E-state index contributed by atoms with van der Waals surface area (Å²) in [7, 11) is 1.26. The number of nitrogens with one attached hydrogen (secondary N) is 1. The first-order valence-corrected chi connectivity index (χ1v) is 7.85. The molecule has 9 heteroatoms. The van der Waals surface area contributed by atoms with Gasteiger partial charge in [-0.15, -0.1) is 12.4 Å². The van der Waals surface area contributed by atoms with E-state index in [4.69, 9.17) is 17.3 Å². The Bertz CT molecular complexity index is 945. The average molecular weight is 399 g/mol. The van der Waals surface area contributed by atoms with Crippen molar-refractivity contribution in [3.8, 4) is 11.4 Å². The number of fused-ring (bicyclic) bond motifs is 1. The number of carbonyl (C=O) groups excluding carboxylic acids is 1. The Balaban J connectivity index is 0.00000243. The van der Waals surface area contributed by atoms with Crippen molar-refractivity contribution in [3.63, 3.8) is 0 Å². The maximum absolute atomic E-state index is 14.6. The maximum atomic E-state index is 14.6. The van der Waals surface area contributed by atoms with Crippen LogP contribution in [-0.4, -0.2) is 28.0 Å². The molecular formula is C17H17Cl2FN4O2. The fraction of sp³-hybridized carbons (Fsp3) is 0.235. The number of carbonyl (C=O) groups is 1. The van der Waals surface area contributed by atoms with E-state index in [1.807, 2.05) is 0 Å². The lowest BCUT2D eigenvalue weighted by Crippen LogP contribution is -2.36. The zero-order chi connectivity index (χ0) is 18.2. The molecule has 0 aliphatic carbocycles. The summed E-state index contributed by atoms with van der Waals surface area (Å²) in [5.41, 5.74) is 6.48. The molecule has 2 aromatic heterocycles. The van der Waals surface area contributed by atoms with Gasteiger partial charge in [0.25, 0.3) is 0 Å². The predicted molar refractivity (Wildman–Crippen MR) is 99.7 cm³/mol. The summed E-state index contributed by atoms with van der Waals surface area (Å²) in [6.45, 7) is 1.59. The molecule has 138 valence electrons. The molecule has 0 unspecified atom stereocenters. The van der Waals surface area contributed by atoms with Crippen LogP contribution in [0.5, 0.6) is 0 Å². The highest BCUT2D eigenvalue weighted by atomic mass is 35.5. The molecule has 0 aliphatic heterocycles. The number of nitrogens with zero attached hydrogens (tertiary/aromatic N) is 2. The second-order valence-corrected chi connectivity index (χ2v) is 6.31. The quantitative estimate of drug-likeness (QED) is 0.655. The van der Waals surface area contributed by atoms with Gasteiger partial charge in [-0.25, -0.2) is 9.37 Å². The van der Waals surface area contributed by atoms with Crippen LogP contribution in [0.2, 0.25) is 5.02 Å². The van der Waals surface area contributed by atoms with E-state index in [0.29, 0.717) is 16.9 Å². The number of methoxy groups -OCH3 is 1. The smallest absolute Gasteiger partial charge is 0.307 e. The molecule has 0 saturated carbocycles. The number of esters is 1. The van der Waals surface area contributed by atoms with E-state index in [0.717, 1.165) is 5.56 Å². The number of halogens is 3. The van der Waals surface area contributed by atoms with Gasteiger partial charge >= 0.3 is 5.97 Å². The molecular weight excluding hydrogens is 382 g/mol. The van der Waals surface area contributed by atoms with Crippen molar-refractivity contribution in [1.29, 1.82) is 0 Å². The normalized spacial score (nSPS) is 13.1. The van der Waals surface area contributed by atoms with Gasteiger partial charge in [0.05, 0.1) is 29.6 Å². The lowest BCUT2D eigenvalue weighted by molar-refractivity contribution is -0.141. The number of H-pyrrole nitrogens is 1. The molecule has 0 fully saturated rings. The molecule has 2 heterocycles. The second kappa shape index (κ2) is 7.57. The molecule has 0 saturated heterocycles. The number of ether oxygens (including phenoxy) is 1. The zero-order valence-corrected chi connectivity index (χ0v) is 15.6. The Kier molecular flexibility index (Phi) is 5.85. The van der Waals surface area contributed by atoms with Crippen molar-refractivity contribution >= 4 is 41.0 Å². The molecule has 3 rings (SSSR count). The zero-order valence-electron chi connectivity index (χ0n) is 14.0. The minimum absolute atomic E-state index is 0. The summed E-state index contributed by atoms with van der Waals surface area (Å²) in [5.74, 6) is -0.627. The lowest BCUT2D eigenvalue weighted by Gasteiger charge is -2.25. The number of aromatic nitrogens is 3. The highest BCUT2D eigenvalue weighted by molar-refractivity contribution is 6.36. The first-order chi connectivity index (χ1) is 11.8. The van der Waals surface area contributed by atoms with Crippen LogP contribution >= 0.6 is 24.0 Å². The first-order valence-electron chi connectivity index (χ1n) is 7.48. The van der Waals surface area contributed by atoms with Gasteiger partial charge in [-0.3, -0.25) is 9.78 Å². The van der Waals surface area contributed by atoms with Gasteiger partial charge in [-0.05, 0) is 30.7 Å². The number of benzene rings is 1. The number of hydrogen-bond acceptors (Lipinski definition) is 5. The largest absolute Gasteiger partial charge is 0.469 e. The van der Waals surface area contributed by atoms with Crippen LogP contribution in [0.3, 0.4) is 0 Å². The summed E-state index contributed by atoms with van der Waals surface area (Å²) in [6.07, 6.45) is 3.08. The molecule has 0 radical (unpaired) electrons. The van der Waals surface area contributed by atoms with Gasteiger partial charge in [0.2, 0.25) is 0 Å². The summed E-state index contributed by atoms with van der Waals surface area (Å²) in [5, 5.41) is 0.220. The van der Waals surface area contributed by atoms with E-state index in [2.05, 4.69) is 19.7 Å². The lowest BCUT2D eigenvalue weighted by atomic mass is 9.89. The third kappa shape index (κ3) is 3.65. The molecule has 0 amide bonds. The number of aromatic amines is 1. The van der Waals surface area contributed by atoms with Crippen molar-refractivity contribution < 1.29 is 13.9 Å². The minimum atomic E-state index is -1.19. The van der Waals surface area contributed by atoms with Crippen LogP contribution in [0.15, 0.2) is 30.6 Å². The third-order valence-electron chi connectivity index (χ3n) is 3.97. The number of imidazole rings is 1. The summed E-state index contributed by atoms with van der Waals surface area (Å²) in [6, 6.07) is 4.70. The Morgan fingerprint density at radius 2 is 2.08 bits per heavy atom. The number of hydrogen-bond donors (Lipinski definition) is 2. The summed E-state index contributed by atoms with van der Waals surface area (Å²) >= 11 is 6.44.